The highest BCUT2D eigenvalue weighted by atomic mass is 79.9. The minimum atomic E-state index is 0.209. The maximum atomic E-state index is 5.94. The molecule has 1 atom stereocenters. The molecule has 2 rings (SSSR count). The van der Waals surface area contributed by atoms with Gasteiger partial charge in [-0.05, 0) is 56.9 Å². The molecule has 1 aliphatic rings. The predicted molar refractivity (Wildman–Crippen MR) is 77.5 cm³/mol. The van der Waals surface area contributed by atoms with Crippen LogP contribution in [0.3, 0.4) is 0 Å². The van der Waals surface area contributed by atoms with Crippen LogP contribution in [0.15, 0.2) is 22.7 Å². The van der Waals surface area contributed by atoms with Crippen LogP contribution in [0.1, 0.15) is 32.3 Å². The summed E-state index contributed by atoms with van der Waals surface area (Å²) in [4.78, 5) is 2.52. The Morgan fingerprint density at radius 2 is 2.18 bits per heavy atom. The molecule has 1 aromatic carbocycles. The highest BCUT2D eigenvalue weighted by molar-refractivity contribution is 9.10. The van der Waals surface area contributed by atoms with Crippen LogP contribution < -0.4 is 10.6 Å². The molecule has 3 heteroatoms. The first-order valence-electron chi connectivity index (χ1n) is 6.42. The summed E-state index contributed by atoms with van der Waals surface area (Å²) in [6.45, 7) is 5.38. The fraction of sp³-hybridized carbons (Fsp3) is 0.571. The zero-order valence-electron chi connectivity index (χ0n) is 10.6. The van der Waals surface area contributed by atoms with E-state index in [9.17, 15) is 0 Å². The molecule has 1 aromatic rings. The number of halogens is 1. The Bertz CT molecular complexity index is 386. The van der Waals surface area contributed by atoms with Crippen LogP contribution >= 0.6 is 15.9 Å². The van der Waals surface area contributed by atoms with Crippen molar-refractivity contribution >= 4 is 21.6 Å². The molecule has 17 heavy (non-hydrogen) atoms. The zero-order chi connectivity index (χ0) is 12.4. The van der Waals surface area contributed by atoms with Gasteiger partial charge in [0, 0.05) is 28.8 Å². The lowest BCUT2D eigenvalue weighted by molar-refractivity contribution is 0.728. The zero-order valence-corrected chi connectivity index (χ0v) is 12.2. The summed E-state index contributed by atoms with van der Waals surface area (Å²) in [5, 5.41) is 0. The summed E-state index contributed by atoms with van der Waals surface area (Å²) in [5.41, 5.74) is 8.68. The number of rotatable bonds is 5. The molecule has 0 bridgehead atoms. The van der Waals surface area contributed by atoms with Crippen molar-refractivity contribution in [3.05, 3.63) is 28.2 Å². The van der Waals surface area contributed by atoms with Gasteiger partial charge in [-0.2, -0.15) is 0 Å². The lowest BCUT2D eigenvalue weighted by Gasteiger charge is -2.26. The molecule has 2 N–H and O–H groups in total. The fourth-order valence-corrected chi connectivity index (χ4v) is 2.76. The standard InChI is InChI=1S/C14H21BrN2/c1-3-17(13-5-6-13)14-7-4-12(15)9-11(14)8-10(2)16/h4,7,9-10,13H,3,5-6,8,16H2,1-2H3. The van der Waals surface area contributed by atoms with Gasteiger partial charge in [-0.15, -0.1) is 0 Å². The van der Waals surface area contributed by atoms with Gasteiger partial charge in [-0.25, -0.2) is 0 Å². The first-order chi connectivity index (χ1) is 8.11. The molecule has 1 aliphatic carbocycles. The van der Waals surface area contributed by atoms with Crippen LogP contribution in [0.2, 0.25) is 0 Å². The first-order valence-corrected chi connectivity index (χ1v) is 7.21. The van der Waals surface area contributed by atoms with E-state index < -0.39 is 0 Å². The Labute approximate surface area is 112 Å². The van der Waals surface area contributed by atoms with Crippen molar-refractivity contribution in [1.82, 2.24) is 0 Å². The van der Waals surface area contributed by atoms with Crippen molar-refractivity contribution in [3.8, 4) is 0 Å². The quantitative estimate of drug-likeness (QED) is 0.903. The van der Waals surface area contributed by atoms with Gasteiger partial charge in [-0.1, -0.05) is 15.9 Å². The number of hydrogen-bond acceptors (Lipinski definition) is 2. The number of nitrogens with two attached hydrogens (primary N) is 1. The molecule has 1 fully saturated rings. The van der Waals surface area contributed by atoms with Crippen molar-refractivity contribution in [2.24, 2.45) is 5.73 Å². The largest absolute Gasteiger partial charge is 0.369 e. The van der Waals surface area contributed by atoms with E-state index in [-0.39, 0.29) is 6.04 Å². The maximum absolute atomic E-state index is 5.94. The molecule has 1 saturated carbocycles. The average molecular weight is 297 g/mol. The summed E-state index contributed by atoms with van der Waals surface area (Å²) in [6, 6.07) is 7.53. The highest BCUT2D eigenvalue weighted by Crippen LogP contribution is 2.34. The maximum Gasteiger partial charge on any atom is 0.0402 e. The molecule has 0 radical (unpaired) electrons. The van der Waals surface area contributed by atoms with Crippen LogP contribution in [0.5, 0.6) is 0 Å². The molecular formula is C14H21BrN2. The van der Waals surface area contributed by atoms with Crippen molar-refractivity contribution < 1.29 is 0 Å². The van der Waals surface area contributed by atoms with E-state index in [1.54, 1.807) is 0 Å². The lowest BCUT2D eigenvalue weighted by atomic mass is 10.0. The minimum absolute atomic E-state index is 0.209. The van der Waals surface area contributed by atoms with E-state index in [4.69, 9.17) is 5.73 Å². The van der Waals surface area contributed by atoms with E-state index in [0.717, 1.165) is 23.5 Å². The van der Waals surface area contributed by atoms with Crippen LogP contribution in [0.25, 0.3) is 0 Å². The summed E-state index contributed by atoms with van der Waals surface area (Å²) >= 11 is 3.55. The van der Waals surface area contributed by atoms with E-state index in [2.05, 4.69) is 52.9 Å². The van der Waals surface area contributed by atoms with Crippen molar-refractivity contribution in [2.75, 3.05) is 11.4 Å². The van der Waals surface area contributed by atoms with Gasteiger partial charge in [0.1, 0.15) is 0 Å². The highest BCUT2D eigenvalue weighted by Gasteiger charge is 2.29. The first kappa shape index (κ1) is 12.9. The third-order valence-corrected chi connectivity index (χ3v) is 3.71. The van der Waals surface area contributed by atoms with Crippen LogP contribution in [0.4, 0.5) is 5.69 Å². The minimum Gasteiger partial charge on any atom is -0.369 e. The van der Waals surface area contributed by atoms with Crippen molar-refractivity contribution in [1.29, 1.82) is 0 Å². The van der Waals surface area contributed by atoms with Gasteiger partial charge in [0.05, 0.1) is 0 Å². The molecule has 0 spiro atoms. The van der Waals surface area contributed by atoms with E-state index in [1.807, 2.05) is 0 Å². The Balaban J connectivity index is 2.29. The third-order valence-electron chi connectivity index (χ3n) is 3.22. The van der Waals surface area contributed by atoms with Gasteiger partial charge in [0.15, 0.2) is 0 Å². The van der Waals surface area contributed by atoms with Crippen molar-refractivity contribution in [3.63, 3.8) is 0 Å². The molecule has 0 aromatic heterocycles. The lowest BCUT2D eigenvalue weighted by Crippen LogP contribution is -2.27. The molecule has 2 nitrogen and oxygen atoms in total. The van der Waals surface area contributed by atoms with Crippen LogP contribution in [-0.2, 0) is 6.42 Å². The average Bonchev–Trinajstić information content (AvgIpc) is 3.05. The summed E-state index contributed by atoms with van der Waals surface area (Å²) in [7, 11) is 0. The Kier molecular flexibility index (Phi) is 4.10. The molecule has 1 unspecified atom stereocenters. The molecular weight excluding hydrogens is 276 g/mol. The number of nitrogens with zero attached hydrogens (tertiary/aromatic N) is 1. The second-order valence-corrected chi connectivity index (χ2v) is 5.89. The molecule has 0 heterocycles. The molecule has 94 valence electrons. The summed E-state index contributed by atoms with van der Waals surface area (Å²) in [5.74, 6) is 0. The van der Waals surface area contributed by atoms with Gasteiger partial charge in [0.25, 0.3) is 0 Å². The third kappa shape index (κ3) is 3.23. The number of anilines is 1. The Hall–Kier alpha value is -0.540. The van der Waals surface area contributed by atoms with Gasteiger partial charge in [-0.3, -0.25) is 0 Å². The second-order valence-electron chi connectivity index (χ2n) is 4.97. The van der Waals surface area contributed by atoms with E-state index in [0.29, 0.717) is 0 Å². The van der Waals surface area contributed by atoms with Gasteiger partial charge >= 0.3 is 0 Å². The number of hydrogen-bond donors (Lipinski definition) is 1. The normalized spacial score (nSPS) is 16.9. The topological polar surface area (TPSA) is 29.3 Å². The predicted octanol–water partition coefficient (Wildman–Crippen LogP) is 3.33. The monoisotopic (exact) mass is 296 g/mol. The van der Waals surface area contributed by atoms with Gasteiger partial charge in [0.2, 0.25) is 0 Å². The summed E-state index contributed by atoms with van der Waals surface area (Å²) < 4.78 is 1.14. The number of benzene rings is 1. The second kappa shape index (κ2) is 5.40. The van der Waals surface area contributed by atoms with Crippen LogP contribution in [0, 0.1) is 0 Å². The van der Waals surface area contributed by atoms with Crippen LogP contribution in [-0.4, -0.2) is 18.6 Å². The Morgan fingerprint density at radius 3 is 2.71 bits per heavy atom. The van der Waals surface area contributed by atoms with E-state index in [1.165, 1.54) is 24.1 Å². The fourth-order valence-electron chi connectivity index (χ4n) is 2.36. The summed E-state index contributed by atoms with van der Waals surface area (Å²) in [6.07, 6.45) is 3.61. The molecule has 0 saturated heterocycles. The molecule has 0 amide bonds. The van der Waals surface area contributed by atoms with Crippen molar-refractivity contribution in [2.45, 2.75) is 45.2 Å². The Morgan fingerprint density at radius 1 is 1.47 bits per heavy atom. The smallest absolute Gasteiger partial charge is 0.0402 e. The molecule has 0 aliphatic heterocycles. The van der Waals surface area contributed by atoms with E-state index >= 15 is 0 Å². The van der Waals surface area contributed by atoms with Gasteiger partial charge < -0.3 is 10.6 Å². The SMILES string of the molecule is CCN(c1ccc(Br)cc1CC(C)N)C1CC1.